The van der Waals surface area contributed by atoms with Crippen LogP contribution >= 0.6 is 0 Å². The third-order valence-corrected chi connectivity index (χ3v) is 2.41. The van der Waals surface area contributed by atoms with E-state index >= 15 is 0 Å². The SMILES string of the molecule is CNC(COc1ccc([N+](=O)[O-])cc1OC)C(=O)O. The van der Waals surface area contributed by atoms with Crippen LogP contribution in [0.2, 0.25) is 0 Å². The number of likely N-dealkylation sites (N-methyl/N-ethyl adjacent to an activating group) is 1. The summed E-state index contributed by atoms with van der Waals surface area (Å²) < 4.78 is 10.3. The molecule has 0 aromatic heterocycles. The fourth-order valence-corrected chi connectivity index (χ4v) is 1.34. The van der Waals surface area contributed by atoms with Crippen molar-refractivity contribution < 1.29 is 24.3 Å². The molecule has 0 aliphatic rings. The fourth-order valence-electron chi connectivity index (χ4n) is 1.34. The maximum atomic E-state index is 10.8. The smallest absolute Gasteiger partial charge is 0.324 e. The van der Waals surface area contributed by atoms with Crippen molar-refractivity contribution in [3.8, 4) is 11.5 Å². The Morgan fingerprint density at radius 3 is 2.68 bits per heavy atom. The van der Waals surface area contributed by atoms with E-state index in [2.05, 4.69) is 5.32 Å². The maximum absolute atomic E-state index is 10.8. The minimum absolute atomic E-state index is 0.125. The van der Waals surface area contributed by atoms with E-state index in [0.717, 1.165) is 0 Å². The number of benzene rings is 1. The molecule has 0 aliphatic heterocycles. The number of hydrogen-bond donors (Lipinski definition) is 2. The number of aliphatic carboxylic acids is 1. The lowest BCUT2D eigenvalue weighted by molar-refractivity contribution is -0.385. The number of nitrogens with one attached hydrogen (secondary N) is 1. The van der Waals surface area contributed by atoms with Gasteiger partial charge in [-0.25, -0.2) is 0 Å². The van der Waals surface area contributed by atoms with Crippen LogP contribution in [0.3, 0.4) is 0 Å². The highest BCUT2D eigenvalue weighted by molar-refractivity contribution is 5.73. The largest absolute Gasteiger partial charge is 0.493 e. The Hall–Kier alpha value is -2.35. The lowest BCUT2D eigenvalue weighted by atomic mass is 10.2. The molecule has 0 saturated heterocycles. The molecule has 104 valence electrons. The molecule has 0 radical (unpaired) electrons. The Labute approximate surface area is 109 Å². The summed E-state index contributed by atoms with van der Waals surface area (Å²) in [5.41, 5.74) is -0.132. The van der Waals surface area contributed by atoms with Crippen molar-refractivity contribution in [2.24, 2.45) is 0 Å². The first kappa shape index (κ1) is 14.7. The van der Waals surface area contributed by atoms with Gasteiger partial charge in [0.15, 0.2) is 11.5 Å². The Morgan fingerprint density at radius 2 is 2.21 bits per heavy atom. The molecular formula is C11H14N2O6. The summed E-state index contributed by atoms with van der Waals surface area (Å²) in [4.78, 5) is 20.8. The molecule has 8 heteroatoms. The van der Waals surface area contributed by atoms with Gasteiger partial charge in [-0.15, -0.1) is 0 Å². The third-order valence-electron chi connectivity index (χ3n) is 2.41. The summed E-state index contributed by atoms with van der Waals surface area (Å²) in [7, 11) is 2.84. The predicted octanol–water partition coefficient (Wildman–Crippen LogP) is 0.655. The van der Waals surface area contributed by atoms with Crippen molar-refractivity contribution in [3.05, 3.63) is 28.3 Å². The number of carboxylic acids is 1. The number of non-ortho nitro benzene ring substituents is 1. The molecule has 19 heavy (non-hydrogen) atoms. The third kappa shape index (κ3) is 3.81. The van der Waals surface area contributed by atoms with E-state index in [1.807, 2.05) is 0 Å². The highest BCUT2D eigenvalue weighted by Gasteiger charge is 2.18. The van der Waals surface area contributed by atoms with Crippen LogP contribution in [0.25, 0.3) is 0 Å². The van der Waals surface area contributed by atoms with Crippen LogP contribution in [-0.4, -0.2) is 42.8 Å². The Kier molecular flexibility index (Phi) is 5.07. The number of rotatable bonds is 7. The number of methoxy groups -OCH3 is 1. The van der Waals surface area contributed by atoms with Crippen LogP contribution in [0, 0.1) is 10.1 Å². The molecule has 2 N–H and O–H groups in total. The van der Waals surface area contributed by atoms with Gasteiger partial charge in [-0.1, -0.05) is 0 Å². The number of hydrogen-bond acceptors (Lipinski definition) is 6. The number of ether oxygens (including phenoxy) is 2. The van der Waals surface area contributed by atoms with Gasteiger partial charge in [-0.2, -0.15) is 0 Å². The van der Waals surface area contributed by atoms with Gasteiger partial charge in [-0.3, -0.25) is 14.9 Å². The molecule has 0 spiro atoms. The van der Waals surface area contributed by atoms with E-state index in [1.54, 1.807) is 0 Å². The van der Waals surface area contributed by atoms with Crippen molar-refractivity contribution >= 4 is 11.7 Å². The lowest BCUT2D eigenvalue weighted by Gasteiger charge is -2.14. The minimum atomic E-state index is -1.05. The molecule has 0 bridgehead atoms. The molecular weight excluding hydrogens is 256 g/mol. The molecule has 1 rings (SSSR count). The van der Waals surface area contributed by atoms with Crippen LogP contribution in [0.5, 0.6) is 11.5 Å². The van der Waals surface area contributed by atoms with Crippen LogP contribution < -0.4 is 14.8 Å². The molecule has 0 fully saturated rings. The van der Waals surface area contributed by atoms with E-state index in [1.165, 1.54) is 32.4 Å². The average Bonchev–Trinajstić information content (AvgIpc) is 2.38. The monoisotopic (exact) mass is 270 g/mol. The summed E-state index contributed by atoms with van der Waals surface area (Å²) in [5, 5.41) is 22.0. The van der Waals surface area contributed by atoms with E-state index in [4.69, 9.17) is 14.6 Å². The molecule has 0 saturated carbocycles. The van der Waals surface area contributed by atoms with Crippen LogP contribution in [0.4, 0.5) is 5.69 Å². The number of carbonyl (C=O) groups is 1. The quantitative estimate of drug-likeness (QED) is 0.552. The molecule has 0 aliphatic carbocycles. The Balaban J connectivity index is 2.83. The summed E-state index contributed by atoms with van der Waals surface area (Å²) >= 11 is 0. The van der Waals surface area contributed by atoms with Crippen molar-refractivity contribution in [1.82, 2.24) is 5.32 Å². The minimum Gasteiger partial charge on any atom is -0.493 e. The summed E-state index contributed by atoms with van der Waals surface area (Å²) in [5.74, 6) is -0.632. The molecule has 0 heterocycles. The second-order valence-corrected chi connectivity index (χ2v) is 3.58. The van der Waals surface area contributed by atoms with Crippen LogP contribution in [0.1, 0.15) is 0 Å². The van der Waals surface area contributed by atoms with Crippen LogP contribution in [0.15, 0.2) is 18.2 Å². The Bertz CT molecular complexity index is 476. The molecule has 1 unspecified atom stereocenters. The Morgan fingerprint density at radius 1 is 1.53 bits per heavy atom. The lowest BCUT2D eigenvalue weighted by Crippen LogP contribution is -2.39. The van der Waals surface area contributed by atoms with Crippen molar-refractivity contribution in [2.45, 2.75) is 6.04 Å². The van der Waals surface area contributed by atoms with Gasteiger partial charge in [0.1, 0.15) is 12.6 Å². The van der Waals surface area contributed by atoms with Gasteiger partial charge in [0.05, 0.1) is 18.1 Å². The van der Waals surface area contributed by atoms with E-state index in [-0.39, 0.29) is 23.8 Å². The number of nitro groups is 1. The topological polar surface area (TPSA) is 111 Å². The summed E-state index contributed by atoms with van der Waals surface area (Å²) in [6.07, 6.45) is 0. The standard InChI is InChI=1S/C11H14N2O6/c1-12-8(11(14)15)6-19-9-4-3-7(13(16)17)5-10(9)18-2/h3-5,8,12H,6H2,1-2H3,(H,14,15). The molecule has 1 aromatic rings. The summed E-state index contributed by atoms with van der Waals surface area (Å²) in [6, 6.07) is 2.96. The van der Waals surface area contributed by atoms with Gasteiger partial charge < -0.3 is 19.9 Å². The average molecular weight is 270 g/mol. The van der Waals surface area contributed by atoms with Crippen molar-refractivity contribution in [3.63, 3.8) is 0 Å². The predicted molar refractivity (Wildman–Crippen MR) is 65.6 cm³/mol. The van der Waals surface area contributed by atoms with Gasteiger partial charge in [0.25, 0.3) is 5.69 Å². The van der Waals surface area contributed by atoms with Crippen molar-refractivity contribution in [2.75, 3.05) is 20.8 Å². The molecule has 1 atom stereocenters. The number of nitrogens with zero attached hydrogens (tertiary/aromatic N) is 1. The van der Waals surface area contributed by atoms with E-state index < -0.39 is 16.9 Å². The number of nitro benzene ring substituents is 1. The molecule has 0 amide bonds. The number of carboxylic acid groups (broad SMARTS) is 1. The van der Waals surface area contributed by atoms with Gasteiger partial charge in [0, 0.05) is 6.07 Å². The first-order valence-corrected chi connectivity index (χ1v) is 5.35. The highest BCUT2D eigenvalue weighted by atomic mass is 16.6. The second kappa shape index (κ2) is 6.55. The second-order valence-electron chi connectivity index (χ2n) is 3.58. The fraction of sp³-hybridized carbons (Fsp3) is 0.364. The first-order valence-electron chi connectivity index (χ1n) is 5.35. The highest BCUT2D eigenvalue weighted by Crippen LogP contribution is 2.31. The van der Waals surface area contributed by atoms with Crippen LogP contribution in [-0.2, 0) is 4.79 Å². The van der Waals surface area contributed by atoms with E-state index in [9.17, 15) is 14.9 Å². The molecule has 1 aromatic carbocycles. The normalized spacial score (nSPS) is 11.7. The zero-order chi connectivity index (χ0) is 14.4. The molecule has 8 nitrogen and oxygen atoms in total. The van der Waals surface area contributed by atoms with Gasteiger partial charge >= 0.3 is 5.97 Å². The zero-order valence-corrected chi connectivity index (χ0v) is 10.5. The van der Waals surface area contributed by atoms with Gasteiger partial charge in [-0.05, 0) is 13.1 Å². The van der Waals surface area contributed by atoms with E-state index in [0.29, 0.717) is 0 Å². The first-order chi connectivity index (χ1) is 8.99. The maximum Gasteiger partial charge on any atom is 0.324 e. The zero-order valence-electron chi connectivity index (χ0n) is 10.5. The van der Waals surface area contributed by atoms with Gasteiger partial charge in [0.2, 0.25) is 0 Å². The summed E-state index contributed by atoms with van der Waals surface area (Å²) in [6.45, 7) is -0.125. The van der Waals surface area contributed by atoms with Crippen molar-refractivity contribution in [1.29, 1.82) is 0 Å².